The molecule has 1 saturated heterocycles. The van der Waals surface area contributed by atoms with Crippen LogP contribution in [0.2, 0.25) is 5.02 Å². The number of hydrogen-bond donors (Lipinski definition) is 0. The van der Waals surface area contributed by atoms with E-state index in [2.05, 4.69) is 11.2 Å². The third-order valence-electron chi connectivity index (χ3n) is 4.81. The first-order chi connectivity index (χ1) is 12.6. The monoisotopic (exact) mass is 368 g/mol. The fourth-order valence-corrected chi connectivity index (χ4v) is 3.39. The van der Waals surface area contributed by atoms with Crippen LogP contribution in [0.1, 0.15) is 23.2 Å². The van der Waals surface area contributed by atoms with Gasteiger partial charge in [-0.3, -0.25) is 9.20 Å². The van der Waals surface area contributed by atoms with E-state index in [9.17, 15) is 4.79 Å². The maximum Gasteiger partial charge on any atom is 0.255 e. The molecule has 26 heavy (non-hydrogen) atoms. The van der Waals surface area contributed by atoms with Crippen LogP contribution in [-0.4, -0.2) is 46.5 Å². The minimum atomic E-state index is 0.0385. The molecule has 0 atom stereocenters. The van der Waals surface area contributed by atoms with Gasteiger partial charge in [0.2, 0.25) is 0 Å². The van der Waals surface area contributed by atoms with Gasteiger partial charge in [0.25, 0.3) is 5.91 Å². The van der Waals surface area contributed by atoms with E-state index in [0.29, 0.717) is 10.6 Å². The lowest BCUT2D eigenvalue weighted by atomic mass is 10.1. The molecule has 133 valence electrons. The van der Waals surface area contributed by atoms with Crippen LogP contribution in [0.25, 0.3) is 16.9 Å². The minimum Gasteiger partial charge on any atom is -0.381 e. The van der Waals surface area contributed by atoms with Crippen molar-refractivity contribution in [2.75, 3.05) is 20.2 Å². The highest BCUT2D eigenvalue weighted by molar-refractivity contribution is 6.30. The van der Waals surface area contributed by atoms with Crippen LogP contribution in [0.4, 0.5) is 0 Å². The predicted octanol–water partition coefficient (Wildman–Crippen LogP) is 3.71. The summed E-state index contributed by atoms with van der Waals surface area (Å²) in [5.41, 5.74) is 3.06. The van der Waals surface area contributed by atoms with E-state index in [1.807, 2.05) is 41.3 Å². The number of nitrogens with zero attached hydrogens (tertiary/aromatic N) is 3. The summed E-state index contributed by atoms with van der Waals surface area (Å²) in [5.74, 6) is 0.0385. The Labute approximate surface area is 157 Å². The van der Waals surface area contributed by atoms with Gasteiger partial charge in [0.15, 0.2) is 0 Å². The Balaban J connectivity index is 1.57. The van der Waals surface area contributed by atoms with Crippen LogP contribution >= 0.6 is 11.6 Å². The Hall–Kier alpha value is -2.37. The molecule has 0 saturated carbocycles. The molecule has 0 N–H and O–H groups in total. The average Bonchev–Trinajstić information content (AvgIpc) is 3.11. The Morgan fingerprint density at radius 1 is 1.19 bits per heavy atom. The molecule has 0 bridgehead atoms. The number of amides is 1. The van der Waals surface area contributed by atoms with Gasteiger partial charge >= 0.3 is 0 Å². The summed E-state index contributed by atoms with van der Waals surface area (Å²) in [6.45, 7) is 1.44. The number of aromatic nitrogens is 2. The zero-order valence-corrected chi connectivity index (χ0v) is 15.2. The molecule has 1 aromatic carbocycles. The van der Waals surface area contributed by atoms with Crippen LogP contribution in [0.15, 0.2) is 42.6 Å². The van der Waals surface area contributed by atoms with Crippen molar-refractivity contribution >= 4 is 23.2 Å². The first kappa shape index (κ1) is 17.1. The zero-order valence-electron chi connectivity index (χ0n) is 14.5. The molecule has 0 unspecified atom stereocenters. The van der Waals surface area contributed by atoms with Gasteiger partial charge < -0.3 is 9.64 Å². The van der Waals surface area contributed by atoms with Gasteiger partial charge in [0.1, 0.15) is 5.65 Å². The lowest BCUT2D eigenvalue weighted by Gasteiger charge is -2.31. The van der Waals surface area contributed by atoms with Gasteiger partial charge in [-0.1, -0.05) is 23.7 Å². The molecular weight excluding hydrogens is 350 g/mol. The number of carbonyl (C=O) groups is 1. The number of hydrogen-bond acceptors (Lipinski definition) is 3. The number of imidazole rings is 1. The standard InChI is InChI=1S/C20H19ClN3O2/c1-26-17-8-10-23(11-9-17)20(25)15-4-7-19-22-18(13-24(19)12-15)14-2-5-16(21)6-3-14/h2-7,12,17H,8-11H2,1H3. The number of benzene rings is 1. The van der Waals surface area contributed by atoms with Crippen LogP contribution < -0.4 is 0 Å². The molecule has 3 heterocycles. The number of methoxy groups -OCH3 is 1. The molecule has 6 heteroatoms. The van der Waals surface area contributed by atoms with Gasteiger partial charge in [-0.2, -0.15) is 0 Å². The van der Waals surface area contributed by atoms with Gasteiger partial charge in [0, 0.05) is 37.0 Å². The molecule has 1 aliphatic rings. The van der Waals surface area contributed by atoms with Crippen molar-refractivity contribution in [1.82, 2.24) is 14.3 Å². The smallest absolute Gasteiger partial charge is 0.255 e. The van der Waals surface area contributed by atoms with Gasteiger partial charge in [-0.25, -0.2) is 4.98 Å². The van der Waals surface area contributed by atoms with E-state index in [-0.39, 0.29) is 12.0 Å². The molecule has 1 radical (unpaired) electrons. The Morgan fingerprint density at radius 3 is 2.62 bits per heavy atom. The van der Waals surface area contributed by atoms with Crippen molar-refractivity contribution in [3.05, 3.63) is 59.4 Å². The number of piperidine rings is 1. The van der Waals surface area contributed by atoms with Crippen LogP contribution in [0.5, 0.6) is 0 Å². The summed E-state index contributed by atoms with van der Waals surface area (Å²) in [6.07, 6.45) is 7.03. The van der Waals surface area contributed by atoms with Crippen LogP contribution in [0.3, 0.4) is 0 Å². The molecule has 3 aromatic rings. The van der Waals surface area contributed by atoms with Crippen molar-refractivity contribution < 1.29 is 9.53 Å². The van der Waals surface area contributed by atoms with E-state index < -0.39 is 0 Å². The highest BCUT2D eigenvalue weighted by atomic mass is 35.5. The first-order valence-corrected chi connectivity index (χ1v) is 9.01. The summed E-state index contributed by atoms with van der Waals surface area (Å²) in [6, 6.07) is 11.2. The van der Waals surface area contributed by atoms with Crippen molar-refractivity contribution in [3.8, 4) is 11.3 Å². The summed E-state index contributed by atoms with van der Waals surface area (Å²) < 4.78 is 7.15. The molecule has 5 nitrogen and oxygen atoms in total. The molecule has 4 rings (SSSR count). The number of carbonyl (C=O) groups excluding carboxylic acids is 1. The number of likely N-dealkylation sites (tertiary alicyclic amines) is 1. The third-order valence-corrected chi connectivity index (χ3v) is 5.06. The van der Waals surface area contributed by atoms with Crippen molar-refractivity contribution in [2.45, 2.75) is 18.9 Å². The number of fused-ring (bicyclic) bond motifs is 1. The molecule has 1 amide bonds. The van der Waals surface area contributed by atoms with Gasteiger partial charge in [-0.05, 0) is 37.1 Å². The second-order valence-corrected chi connectivity index (χ2v) is 6.89. The second-order valence-electron chi connectivity index (χ2n) is 6.45. The lowest BCUT2D eigenvalue weighted by Crippen LogP contribution is -2.40. The number of pyridine rings is 1. The summed E-state index contributed by atoms with van der Waals surface area (Å²) >= 11 is 5.94. The normalized spacial score (nSPS) is 15.5. The van der Waals surface area contributed by atoms with Gasteiger partial charge in [0.05, 0.1) is 23.6 Å². The van der Waals surface area contributed by atoms with Crippen molar-refractivity contribution in [2.24, 2.45) is 0 Å². The summed E-state index contributed by atoms with van der Waals surface area (Å²) in [7, 11) is 1.73. The van der Waals surface area contributed by atoms with Crippen molar-refractivity contribution in [1.29, 1.82) is 0 Å². The highest BCUT2D eigenvalue weighted by Crippen LogP contribution is 2.22. The summed E-state index contributed by atoms with van der Waals surface area (Å²) in [5, 5.41) is 0.683. The fourth-order valence-electron chi connectivity index (χ4n) is 3.27. The Morgan fingerprint density at radius 2 is 1.92 bits per heavy atom. The summed E-state index contributed by atoms with van der Waals surface area (Å²) in [4.78, 5) is 19.2. The average molecular weight is 369 g/mol. The largest absolute Gasteiger partial charge is 0.381 e. The van der Waals surface area contributed by atoms with Crippen molar-refractivity contribution in [3.63, 3.8) is 0 Å². The Bertz CT molecular complexity index is 928. The Kier molecular flexibility index (Phi) is 4.66. The minimum absolute atomic E-state index is 0.0385. The van der Waals surface area contributed by atoms with E-state index in [0.717, 1.165) is 42.8 Å². The number of ether oxygens (including phenoxy) is 1. The molecule has 1 aliphatic heterocycles. The SMILES string of the molecule is COC1CCN(C(=O)c2ccc3nc(-c4ccc(Cl)cc4)[c]n3c2)CC1. The molecule has 2 aromatic heterocycles. The molecule has 0 aliphatic carbocycles. The third kappa shape index (κ3) is 3.32. The zero-order chi connectivity index (χ0) is 18.1. The molecule has 1 fully saturated rings. The topological polar surface area (TPSA) is 46.8 Å². The first-order valence-electron chi connectivity index (χ1n) is 8.63. The number of rotatable bonds is 3. The predicted molar refractivity (Wildman–Crippen MR) is 100 cm³/mol. The maximum atomic E-state index is 12.8. The molecule has 0 spiro atoms. The molecular formula is C20H19ClN3O2. The highest BCUT2D eigenvalue weighted by Gasteiger charge is 2.23. The quantitative estimate of drug-likeness (QED) is 0.708. The maximum absolute atomic E-state index is 12.8. The second kappa shape index (κ2) is 7.09. The lowest BCUT2D eigenvalue weighted by molar-refractivity contribution is 0.0350. The van der Waals surface area contributed by atoms with Gasteiger partial charge in [-0.15, -0.1) is 0 Å². The van der Waals surface area contributed by atoms with Crippen LogP contribution in [0, 0.1) is 6.20 Å². The van der Waals surface area contributed by atoms with Crippen LogP contribution in [-0.2, 0) is 4.74 Å². The van der Waals surface area contributed by atoms with E-state index >= 15 is 0 Å². The van der Waals surface area contributed by atoms with E-state index in [1.54, 1.807) is 17.7 Å². The fraction of sp³-hybridized carbons (Fsp3) is 0.300. The van der Waals surface area contributed by atoms with E-state index in [4.69, 9.17) is 16.3 Å². The number of halogens is 1. The van der Waals surface area contributed by atoms with E-state index in [1.165, 1.54) is 0 Å².